The van der Waals surface area contributed by atoms with Crippen LogP contribution >= 0.6 is 12.4 Å². The molecule has 26 heavy (non-hydrogen) atoms. The number of nitrogens with one attached hydrogen (secondary N) is 2. The Kier molecular flexibility index (Phi) is 7.68. The number of nitrogens with zero attached hydrogens (tertiary/aromatic N) is 1. The van der Waals surface area contributed by atoms with Gasteiger partial charge in [-0.15, -0.1) is 12.4 Å². The van der Waals surface area contributed by atoms with E-state index in [1.807, 2.05) is 4.90 Å². The maximum atomic E-state index is 12.4. The number of carbonyl (C=O) groups is 2. The van der Waals surface area contributed by atoms with Crippen molar-refractivity contribution in [2.75, 3.05) is 38.2 Å². The Morgan fingerprint density at radius 2 is 1.92 bits per heavy atom. The zero-order chi connectivity index (χ0) is 17.6. The summed E-state index contributed by atoms with van der Waals surface area (Å²) in [6.07, 6.45) is 1.79. The summed E-state index contributed by atoms with van der Waals surface area (Å²) in [7, 11) is 0. The van der Waals surface area contributed by atoms with Gasteiger partial charge in [-0.2, -0.15) is 0 Å². The summed E-state index contributed by atoms with van der Waals surface area (Å²) < 4.78 is 5.38. The summed E-state index contributed by atoms with van der Waals surface area (Å²) in [5, 5.41) is 15.4. The summed E-state index contributed by atoms with van der Waals surface area (Å²) in [4.78, 5) is 26.6. The smallest absolute Gasteiger partial charge is 0.227 e. The second kappa shape index (κ2) is 9.75. The SMILES string of the molecule is Cl.O=C(Nc1ccc(O)cc1)C1CCN(C(=O)CC2COCCN2)CC1. The standard InChI is InChI=1S/C18H25N3O4.ClH/c22-16-3-1-14(2-4-16)20-18(24)13-5-8-21(9-6-13)17(23)11-15-12-25-10-7-19-15;/h1-4,13,15,19,22H,5-12H2,(H,20,24);1H. The molecule has 2 aliphatic rings. The predicted molar refractivity (Wildman–Crippen MR) is 101 cm³/mol. The largest absolute Gasteiger partial charge is 0.508 e. The Hall–Kier alpha value is -1.83. The normalized spacial score (nSPS) is 20.9. The quantitative estimate of drug-likeness (QED) is 0.683. The van der Waals surface area contributed by atoms with Crippen molar-refractivity contribution in [3.63, 3.8) is 0 Å². The van der Waals surface area contributed by atoms with Crippen molar-refractivity contribution in [1.82, 2.24) is 10.2 Å². The van der Waals surface area contributed by atoms with Gasteiger partial charge in [0, 0.05) is 43.7 Å². The van der Waals surface area contributed by atoms with Gasteiger partial charge in [-0.1, -0.05) is 0 Å². The molecule has 8 heteroatoms. The lowest BCUT2D eigenvalue weighted by molar-refractivity contribution is -0.135. The molecule has 1 atom stereocenters. The van der Waals surface area contributed by atoms with Gasteiger partial charge < -0.3 is 25.4 Å². The highest BCUT2D eigenvalue weighted by Gasteiger charge is 2.28. The molecule has 0 bridgehead atoms. The fraction of sp³-hybridized carbons (Fsp3) is 0.556. The Bertz CT molecular complexity index is 597. The number of ether oxygens (including phenoxy) is 1. The average Bonchev–Trinajstić information content (AvgIpc) is 2.64. The van der Waals surface area contributed by atoms with Gasteiger partial charge in [0.1, 0.15) is 5.75 Å². The third-order valence-electron chi connectivity index (χ3n) is 4.77. The van der Waals surface area contributed by atoms with Crippen LogP contribution < -0.4 is 10.6 Å². The highest BCUT2D eigenvalue weighted by Crippen LogP contribution is 2.21. The third-order valence-corrected chi connectivity index (χ3v) is 4.77. The molecule has 0 spiro atoms. The van der Waals surface area contributed by atoms with E-state index in [2.05, 4.69) is 10.6 Å². The minimum absolute atomic E-state index is 0. The molecule has 3 rings (SSSR count). The summed E-state index contributed by atoms with van der Waals surface area (Å²) in [5.41, 5.74) is 0.671. The van der Waals surface area contributed by atoms with E-state index in [9.17, 15) is 14.7 Å². The zero-order valence-electron chi connectivity index (χ0n) is 14.6. The van der Waals surface area contributed by atoms with E-state index < -0.39 is 0 Å². The lowest BCUT2D eigenvalue weighted by Crippen LogP contribution is -2.47. The van der Waals surface area contributed by atoms with E-state index in [-0.39, 0.29) is 41.9 Å². The number of rotatable bonds is 4. The molecule has 1 unspecified atom stereocenters. The van der Waals surface area contributed by atoms with Crippen LogP contribution in [0, 0.1) is 5.92 Å². The molecule has 0 aromatic heterocycles. The average molecular weight is 384 g/mol. The molecule has 1 aromatic carbocycles. The number of morpholine rings is 1. The van der Waals surface area contributed by atoms with Crippen LogP contribution in [-0.2, 0) is 14.3 Å². The van der Waals surface area contributed by atoms with Crippen LogP contribution in [0.5, 0.6) is 5.75 Å². The number of piperidine rings is 1. The number of likely N-dealkylation sites (tertiary alicyclic amines) is 1. The fourth-order valence-corrected chi connectivity index (χ4v) is 3.27. The summed E-state index contributed by atoms with van der Waals surface area (Å²) >= 11 is 0. The number of phenols is 1. The first-order valence-corrected chi connectivity index (χ1v) is 8.80. The number of hydrogen-bond acceptors (Lipinski definition) is 5. The third kappa shape index (κ3) is 5.59. The summed E-state index contributed by atoms with van der Waals surface area (Å²) in [6.45, 7) is 3.29. The van der Waals surface area contributed by atoms with Crippen LogP contribution in [0.1, 0.15) is 19.3 Å². The number of aromatic hydroxyl groups is 1. The predicted octanol–water partition coefficient (Wildman–Crippen LogP) is 1.37. The first kappa shape index (κ1) is 20.5. The van der Waals surface area contributed by atoms with E-state index in [1.54, 1.807) is 24.3 Å². The number of carbonyl (C=O) groups excluding carboxylic acids is 2. The van der Waals surface area contributed by atoms with E-state index in [4.69, 9.17) is 4.74 Å². The first-order chi connectivity index (χ1) is 12.1. The second-order valence-corrected chi connectivity index (χ2v) is 6.62. The lowest BCUT2D eigenvalue weighted by atomic mass is 9.95. The molecule has 3 N–H and O–H groups in total. The Labute approximate surface area is 159 Å². The molecule has 0 radical (unpaired) electrons. The van der Waals surface area contributed by atoms with E-state index >= 15 is 0 Å². The molecular formula is C18H26ClN3O4. The number of anilines is 1. The van der Waals surface area contributed by atoms with Gasteiger partial charge in [-0.3, -0.25) is 9.59 Å². The van der Waals surface area contributed by atoms with Crippen LogP contribution in [0.25, 0.3) is 0 Å². The van der Waals surface area contributed by atoms with E-state index in [1.165, 1.54) is 0 Å². The molecule has 2 saturated heterocycles. The number of amides is 2. The number of phenolic OH excluding ortho intramolecular Hbond substituents is 1. The minimum Gasteiger partial charge on any atom is -0.508 e. The zero-order valence-corrected chi connectivity index (χ0v) is 15.5. The first-order valence-electron chi connectivity index (χ1n) is 8.80. The number of benzene rings is 1. The summed E-state index contributed by atoms with van der Waals surface area (Å²) in [6, 6.07) is 6.52. The van der Waals surface area contributed by atoms with Crippen molar-refractivity contribution in [2.24, 2.45) is 5.92 Å². The fourth-order valence-electron chi connectivity index (χ4n) is 3.27. The molecule has 2 heterocycles. The Morgan fingerprint density at radius 3 is 2.54 bits per heavy atom. The molecule has 1 aromatic rings. The van der Waals surface area contributed by atoms with Crippen molar-refractivity contribution >= 4 is 29.9 Å². The van der Waals surface area contributed by atoms with Crippen LogP contribution in [-0.4, -0.2) is 60.7 Å². The summed E-state index contributed by atoms with van der Waals surface area (Å²) in [5.74, 6) is 0.178. The highest BCUT2D eigenvalue weighted by molar-refractivity contribution is 5.92. The molecule has 2 fully saturated rings. The van der Waals surface area contributed by atoms with Gasteiger partial charge in [-0.05, 0) is 37.1 Å². The van der Waals surface area contributed by atoms with Gasteiger partial charge in [0.05, 0.1) is 13.2 Å². The number of hydrogen-bond donors (Lipinski definition) is 3. The van der Waals surface area contributed by atoms with E-state index in [0.717, 1.165) is 6.54 Å². The van der Waals surface area contributed by atoms with Gasteiger partial charge >= 0.3 is 0 Å². The van der Waals surface area contributed by atoms with Gasteiger partial charge in [0.25, 0.3) is 0 Å². The van der Waals surface area contributed by atoms with Crippen LogP contribution in [0.3, 0.4) is 0 Å². The Morgan fingerprint density at radius 1 is 1.23 bits per heavy atom. The van der Waals surface area contributed by atoms with Crippen molar-refractivity contribution in [3.8, 4) is 5.75 Å². The van der Waals surface area contributed by atoms with Crippen molar-refractivity contribution in [3.05, 3.63) is 24.3 Å². The van der Waals surface area contributed by atoms with Crippen LogP contribution in [0.2, 0.25) is 0 Å². The Balaban J connectivity index is 0.00000243. The van der Waals surface area contributed by atoms with Gasteiger partial charge in [-0.25, -0.2) is 0 Å². The maximum Gasteiger partial charge on any atom is 0.227 e. The lowest BCUT2D eigenvalue weighted by Gasteiger charge is -2.33. The van der Waals surface area contributed by atoms with Gasteiger partial charge in [0.15, 0.2) is 0 Å². The van der Waals surface area contributed by atoms with E-state index in [0.29, 0.717) is 51.3 Å². The van der Waals surface area contributed by atoms with Crippen molar-refractivity contribution < 1.29 is 19.4 Å². The topological polar surface area (TPSA) is 90.9 Å². The molecule has 144 valence electrons. The molecule has 7 nitrogen and oxygen atoms in total. The van der Waals surface area contributed by atoms with Crippen molar-refractivity contribution in [1.29, 1.82) is 0 Å². The molecule has 0 aliphatic carbocycles. The van der Waals surface area contributed by atoms with Crippen molar-refractivity contribution in [2.45, 2.75) is 25.3 Å². The van der Waals surface area contributed by atoms with Crippen LogP contribution in [0.4, 0.5) is 5.69 Å². The monoisotopic (exact) mass is 383 g/mol. The molecule has 2 aliphatic heterocycles. The molecular weight excluding hydrogens is 358 g/mol. The highest BCUT2D eigenvalue weighted by atomic mass is 35.5. The maximum absolute atomic E-state index is 12.4. The van der Waals surface area contributed by atoms with Gasteiger partial charge in [0.2, 0.25) is 11.8 Å². The number of halogens is 1. The molecule has 0 saturated carbocycles. The minimum atomic E-state index is -0.0889. The van der Waals surface area contributed by atoms with Crippen LogP contribution in [0.15, 0.2) is 24.3 Å². The second-order valence-electron chi connectivity index (χ2n) is 6.62. The molecule has 2 amide bonds.